The van der Waals surface area contributed by atoms with Crippen molar-refractivity contribution in [3.63, 3.8) is 0 Å². The van der Waals surface area contributed by atoms with E-state index in [0.717, 1.165) is 22.7 Å². The number of halogens is 1. The Morgan fingerprint density at radius 1 is 1.70 bits per heavy atom. The van der Waals surface area contributed by atoms with Gasteiger partial charge in [-0.1, -0.05) is 0 Å². The highest BCUT2D eigenvalue weighted by atomic mass is 79.9. The third-order valence-electron chi connectivity index (χ3n) is 1.30. The van der Waals surface area contributed by atoms with Gasteiger partial charge in [0.05, 0.1) is 5.69 Å². The number of aryl methyl sites for hydroxylation is 1. The number of hydrogen-bond acceptors (Lipinski definition) is 2. The summed E-state index contributed by atoms with van der Waals surface area (Å²) in [6.07, 6.45) is 0. The molecule has 1 rings (SSSR count). The topological polar surface area (TPSA) is 40.7 Å². The molecule has 0 saturated heterocycles. The number of aromatic nitrogens is 2. The van der Waals surface area contributed by atoms with Gasteiger partial charge in [-0.15, -0.1) is 0 Å². The SMILES string of the molecule is CNCc1nc(Br)[nH]c1C. The Kier molecular flexibility index (Phi) is 2.45. The van der Waals surface area contributed by atoms with E-state index in [1.165, 1.54) is 0 Å². The van der Waals surface area contributed by atoms with Crippen molar-refractivity contribution >= 4 is 15.9 Å². The van der Waals surface area contributed by atoms with E-state index < -0.39 is 0 Å². The average molecular weight is 204 g/mol. The summed E-state index contributed by atoms with van der Waals surface area (Å²) < 4.78 is 0.801. The van der Waals surface area contributed by atoms with Crippen LogP contribution in [0.4, 0.5) is 0 Å². The molecule has 1 aromatic heterocycles. The van der Waals surface area contributed by atoms with Crippen molar-refractivity contribution in [2.75, 3.05) is 7.05 Å². The Hall–Kier alpha value is -0.350. The van der Waals surface area contributed by atoms with Gasteiger partial charge in [0.25, 0.3) is 0 Å². The summed E-state index contributed by atoms with van der Waals surface area (Å²) in [5.74, 6) is 0. The first-order valence-electron chi connectivity index (χ1n) is 3.09. The average Bonchev–Trinajstić information content (AvgIpc) is 2.13. The molecule has 0 saturated carbocycles. The molecule has 0 aliphatic carbocycles. The molecule has 0 spiro atoms. The summed E-state index contributed by atoms with van der Waals surface area (Å²) in [6, 6.07) is 0. The summed E-state index contributed by atoms with van der Waals surface area (Å²) in [6.45, 7) is 2.82. The van der Waals surface area contributed by atoms with Crippen LogP contribution >= 0.6 is 15.9 Å². The zero-order valence-electron chi connectivity index (χ0n) is 6.03. The molecule has 0 bridgehead atoms. The number of nitrogens with zero attached hydrogens (tertiary/aromatic N) is 1. The largest absolute Gasteiger partial charge is 0.336 e. The van der Waals surface area contributed by atoms with Gasteiger partial charge in [-0.3, -0.25) is 0 Å². The van der Waals surface area contributed by atoms with Crippen molar-refractivity contribution in [3.05, 3.63) is 16.1 Å². The van der Waals surface area contributed by atoms with Crippen molar-refractivity contribution in [3.8, 4) is 0 Å². The number of aromatic amines is 1. The van der Waals surface area contributed by atoms with Gasteiger partial charge in [0.15, 0.2) is 4.73 Å². The molecular weight excluding hydrogens is 194 g/mol. The highest BCUT2D eigenvalue weighted by Crippen LogP contribution is 2.08. The van der Waals surface area contributed by atoms with Crippen LogP contribution in [0.25, 0.3) is 0 Å². The predicted molar refractivity (Wildman–Crippen MR) is 43.8 cm³/mol. The maximum absolute atomic E-state index is 4.20. The molecule has 2 N–H and O–H groups in total. The van der Waals surface area contributed by atoms with Crippen LogP contribution < -0.4 is 5.32 Å². The van der Waals surface area contributed by atoms with Gasteiger partial charge >= 0.3 is 0 Å². The standard InChI is InChI=1S/C6H10BrN3/c1-4-5(3-8-2)10-6(7)9-4/h8H,3H2,1-2H3,(H,9,10). The van der Waals surface area contributed by atoms with Crippen LogP contribution in [-0.4, -0.2) is 17.0 Å². The number of nitrogens with one attached hydrogen (secondary N) is 2. The van der Waals surface area contributed by atoms with E-state index >= 15 is 0 Å². The van der Waals surface area contributed by atoms with Crippen LogP contribution in [-0.2, 0) is 6.54 Å². The first-order valence-corrected chi connectivity index (χ1v) is 3.89. The Labute approximate surface area is 68.4 Å². The number of H-pyrrole nitrogens is 1. The molecule has 0 aromatic carbocycles. The summed E-state index contributed by atoms with van der Waals surface area (Å²) in [5.41, 5.74) is 2.18. The third-order valence-corrected chi connectivity index (χ3v) is 1.68. The summed E-state index contributed by atoms with van der Waals surface area (Å²) in [4.78, 5) is 7.26. The monoisotopic (exact) mass is 203 g/mol. The van der Waals surface area contributed by atoms with E-state index in [4.69, 9.17) is 0 Å². The summed E-state index contributed by atoms with van der Waals surface area (Å²) >= 11 is 3.26. The predicted octanol–water partition coefficient (Wildman–Crippen LogP) is 1.20. The summed E-state index contributed by atoms with van der Waals surface area (Å²) in [5, 5.41) is 3.03. The summed E-state index contributed by atoms with van der Waals surface area (Å²) in [7, 11) is 1.90. The zero-order chi connectivity index (χ0) is 7.56. The Bertz CT molecular complexity index is 219. The molecule has 4 heteroatoms. The Morgan fingerprint density at radius 2 is 2.40 bits per heavy atom. The van der Waals surface area contributed by atoms with E-state index in [2.05, 4.69) is 31.2 Å². The van der Waals surface area contributed by atoms with E-state index in [9.17, 15) is 0 Å². The molecule has 0 unspecified atom stereocenters. The van der Waals surface area contributed by atoms with Crippen molar-refractivity contribution in [1.82, 2.24) is 15.3 Å². The normalized spacial score (nSPS) is 10.3. The Balaban J connectivity index is 2.81. The maximum Gasteiger partial charge on any atom is 0.174 e. The lowest BCUT2D eigenvalue weighted by Crippen LogP contribution is -2.06. The van der Waals surface area contributed by atoms with Crippen LogP contribution in [0.2, 0.25) is 0 Å². The first kappa shape index (κ1) is 7.75. The van der Waals surface area contributed by atoms with Crippen LogP contribution in [0.3, 0.4) is 0 Å². The number of imidazole rings is 1. The molecule has 0 radical (unpaired) electrons. The van der Waals surface area contributed by atoms with Gasteiger partial charge < -0.3 is 10.3 Å². The van der Waals surface area contributed by atoms with Gasteiger partial charge in [0.2, 0.25) is 0 Å². The molecule has 0 aliphatic rings. The molecule has 10 heavy (non-hydrogen) atoms. The molecule has 56 valence electrons. The second-order valence-corrected chi connectivity index (χ2v) is 2.88. The highest BCUT2D eigenvalue weighted by molar-refractivity contribution is 9.10. The molecule has 0 amide bonds. The van der Waals surface area contributed by atoms with E-state index in [0.29, 0.717) is 0 Å². The molecular formula is C6H10BrN3. The fraction of sp³-hybridized carbons (Fsp3) is 0.500. The highest BCUT2D eigenvalue weighted by Gasteiger charge is 2.01. The minimum Gasteiger partial charge on any atom is -0.336 e. The number of rotatable bonds is 2. The van der Waals surface area contributed by atoms with Crippen LogP contribution in [0, 0.1) is 6.92 Å². The minimum atomic E-state index is 0.801. The van der Waals surface area contributed by atoms with Crippen molar-refractivity contribution in [2.45, 2.75) is 13.5 Å². The van der Waals surface area contributed by atoms with Gasteiger partial charge in [0.1, 0.15) is 0 Å². The smallest absolute Gasteiger partial charge is 0.174 e. The second-order valence-electron chi connectivity index (χ2n) is 2.13. The fourth-order valence-corrected chi connectivity index (χ4v) is 1.31. The number of hydrogen-bond donors (Lipinski definition) is 2. The lowest BCUT2D eigenvalue weighted by molar-refractivity contribution is 0.790. The van der Waals surface area contributed by atoms with Crippen LogP contribution in [0.1, 0.15) is 11.4 Å². The zero-order valence-corrected chi connectivity index (χ0v) is 7.62. The van der Waals surface area contributed by atoms with Gasteiger partial charge in [-0.25, -0.2) is 4.98 Å². The van der Waals surface area contributed by atoms with Gasteiger partial charge in [-0.05, 0) is 29.9 Å². The molecule has 1 heterocycles. The Morgan fingerprint density at radius 3 is 2.80 bits per heavy atom. The molecule has 1 aromatic rings. The van der Waals surface area contributed by atoms with Crippen molar-refractivity contribution in [1.29, 1.82) is 0 Å². The van der Waals surface area contributed by atoms with Crippen molar-refractivity contribution < 1.29 is 0 Å². The maximum atomic E-state index is 4.20. The lowest BCUT2D eigenvalue weighted by Gasteiger charge is -1.93. The minimum absolute atomic E-state index is 0.801. The van der Waals surface area contributed by atoms with Gasteiger partial charge in [-0.2, -0.15) is 0 Å². The third kappa shape index (κ3) is 1.58. The van der Waals surface area contributed by atoms with Crippen LogP contribution in [0.15, 0.2) is 4.73 Å². The molecule has 3 nitrogen and oxygen atoms in total. The van der Waals surface area contributed by atoms with E-state index in [1.54, 1.807) is 0 Å². The molecule has 0 atom stereocenters. The fourth-order valence-electron chi connectivity index (χ4n) is 0.797. The molecule has 0 fully saturated rings. The van der Waals surface area contributed by atoms with E-state index in [-0.39, 0.29) is 0 Å². The second kappa shape index (κ2) is 3.16. The lowest BCUT2D eigenvalue weighted by atomic mass is 10.3. The van der Waals surface area contributed by atoms with E-state index in [1.807, 2.05) is 14.0 Å². The molecule has 0 aliphatic heterocycles. The van der Waals surface area contributed by atoms with Crippen LogP contribution in [0.5, 0.6) is 0 Å². The first-order chi connectivity index (χ1) is 4.74. The quantitative estimate of drug-likeness (QED) is 0.759. The van der Waals surface area contributed by atoms with Crippen molar-refractivity contribution in [2.24, 2.45) is 0 Å². The van der Waals surface area contributed by atoms with Gasteiger partial charge in [0, 0.05) is 12.2 Å².